The fourth-order valence-corrected chi connectivity index (χ4v) is 2.51. The van der Waals surface area contributed by atoms with Gasteiger partial charge in [-0.25, -0.2) is 13.8 Å². The largest absolute Gasteiger partial charge is 0.368 e. The molecule has 0 saturated heterocycles. The van der Waals surface area contributed by atoms with Crippen molar-refractivity contribution in [2.45, 2.75) is 16.8 Å². The minimum Gasteiger partial charge on any atom is -0.368 e. The molecule has 0 aliphatic rings. The summed E-state index contributed by atoms with van der Waals surface area (Å²) in [6.07, 6.45) is 0. The molecule has 1 heterocycles. The monoisotopic (exact) mass is 300 g/mol. The molecule has 6 heteroatoms. The number of nitrogens with one attached hydrogen (secondary N) is 1. The summed E-state index contributed by atoms with van der Waals surface area (Å²) in [6.45, 7) is 2.32. The first-order valence-electron chi connectivity index (χ1n) is 5.64. The van der Waals surface area contributed by atoms with Crippen molar-refractivity contribution in [1.82, 2.24) is 4.98 Å². The molecule has 0 atom stereocenters. The highest BCUT2D eigenvalue weighted by Crippen LogP contribution is 2.34. The van der Waals surface area contributed by atoms with E-state index in [-0.39, 0.29) is 10.8 Å². The predicted octanol–water partition coefficient (Wildman–Crippen LogP) is 4.60. The summed E-state index contributed by atoms with van der Waals surface area (Å²) in [7, 11) is 0. The molecule has 0 spiro atoms. The molecule has 0 aliphatic heterocycles. The lowest BCUT2D eigenvalue weighted by molar-refractivity contribution is 0.551. The lowest BCUT2D eigenvalue weighted by atomic mass is 10.4. The first-order chi connectivity index (χ1) is 9.11. The van der Waals surface area contributed by atoms with Crippen LogP contribution in [0, 0.1) is 11.6 Å². The Labute approximate surface area is 119 Å². The molecule has 2 rings (SSSR count). The topological polar surface area (TPSA) is 24.9 Å². The standard InChI is InChI=1S/C13H11ClF2N2S/c1-2-17-12-9(15)7-10(16)13(18-12)19-11-6-4-3-5-8(11)14/h3-7H,2H2,1H3,(H,17,18). The summed E-state index contributed by atoms with van der Waals surface area (Å²) < 4.78 is 27.1. The zero-order valence-corrected chi connectivity index (χ0v) is 11.7. The quantitative estimate of drug-likeness (QED) is 0.893. The van der Waals surface area contributed by atoms with Crippen LogP contribution in [0.4, 0.5) is 14.6 Å². The molecule has 0 bridgehead atoms. The van der Waals surface area contributed by atoms with Gasteiger partial charge in [-0.15, -0.1) is 0 Å². The highest BCUT2D eigenvalue weighted by atomic mass is 35.5. The normalized spacial score (nSPS) is 10.5. The van der Waals surface area contributed by atoms with Gasteiger partial charge in [0.15, 0.2) is 17.5 Å². The van der Waals surface area contributed by atoms with Crippen molar-refractivity contribution in [3.8, 4) is 0 Å². The Balaban J connectivity index is 2.34. The minimum absolute atomic E-state index is 0.0402. The minimum atomic E-state index is -0.706. The number of pyridine rings is 1. The van der Waals surface area contributed by atoms with E-state index in [0.717, 1.165) is 17.8 Å². The van der Waals surface area contributed by atoms with Gasteiger partial charge in [-0.1, -0.05) is 35.5 Å². The van der Waals surface area contributed by atoms with Crippen LogP contribution in [0.2, 0.25) is 5.02 Å². The molecular weight excluding hydrogens is 290 g/mol. The van der Waals surface area contributed by atoms with Crippen molar-refractivity contribution < 1.29 is 8.78 Å². The van der Waals surface area contributed by atoms with Gasteiger partial charge in [0.05, 0.1) is 5.02 Å². The van der Waals surface area contributed by atoms with E-state index >= 15 is 0 Å². The molecule has 0 aliphatic carbocycles. The van der Waals surface area contributed by atoms with Gasteiger partial charge in [0.25, 0.3) is 0 Å². The molecule has 2 aromatic rings. The zero-order valence-electron chi connectivity index (χ0n) is 10.1. The van der Waals surface area contributed by atoms with Crippen molar-refractivity contribution in [2.75, 3.05) is 11.9 Å². The van der Waals surface area contributed by atoms with Crippen LogP contribution in [0.25, 0.3) is 0 Å². The summed E-state index contributed by atoms with van der Waals surface area (Å²) in [5, 5.41) is 3.34. The number of aromatic nitrogens is 1. The van der Waals surface area contributed by atoms with Gasteiger partial charge in [-0.2, -0.15) is 0 Å². The third-order valence-electron chi connectivity index (χ3n) is 2.28. The number of hydrogen-bond donors (Lipinski definition) is 1. The first-order valence-corrected chi connectivity index (χ1v) is 6.83. The molecule has 19 heavy (non-hydrogen) atoms. The maximum Gasteiger partial charge on any atom is 0.168 e. The Morgan fingerprint density at radius 3 is 2.68 bits per heavy atom. The maximum absolute atomic E-state index is 13.7. The summed E-state index contributed by atoms with van der Waals surface area (Å²) in [5.74, 6) is -1.37. The van der Waals surface area contributed by atoms with Gasteiger partial charge in [0.1, 0.15) is 5.03 Å². The smallest absolute Gasteiger partial charge is 0.168 e. The second-order valence-electron chi connectivity index (χ2n) is 3.67. The highest BCUT2D eigenvalue weighted by Gasteiger charge is 2.13. The first kappa shape index (κ1) is 14.1. The lowest BCUT2D eigenvalue weighted by Gasteiger charge is -2.08. The average molecular weight is 301 g/mol. The van der Waals surface area contributed by atoms with Crippen LogP contribution in [-0.4, -0.2) is 11.5 Å². The van der Waals surface area contributed by atoms with Crippen LogP contribution in [0.3, 0.4) is 0 Å². The van der Waals surface area contributed by atoms with Crippen molar-refractivity contribution in [1.29, 1.82) is 0 Å². The third-order valence-corrected chi connectivity index (χ3v) is 3.78. The average Bonchev–Trinajstić information content (AvgIpc) is 2.38. The zero-order chi connectivity index (χ0) is 13.8. The van der Waals surface area contributed by atoms with Crippen LogP contribution in [-0.2, 0) is 0 Å². The van der Waals surface area contributed by atoms with E-state index in [0.29, 0.717) is 16.5 Å². The molecule has 0 fully saturated rings. The predicted molar refractivity (Wildman–Crippen MR) is 73.9 cm³/mol. The number of rotatable bonds is 4. The molecular formula is C13H11ClF2N2S. The maximum atomic E-state index is 13.7. The summed E-state index contributed by atoms with van der Waals surface area (Å²) in [4.78, 5) is 4.61. The van der Waals surface area contributed by atoms with Gasteiger partial charge < -0.3 is 5.32 Å². The Morgan fingerprint density at radius 2 is 2.00 bits per heavy atom. The number of halogens is 3. The molecule has 0 saturated carbocycles. The lowest BCUT2D eigenvalue weighted by Crippen LogP contribution is -2.04. The highest BCUT2D eigenvalue weighted by molar-refractivity contribution is 7.99. The van der Waals surface area contributed by atoms with E-state index in [2.05, 4.69) is 10.3 Å². The molecule has 2 nitrogen and oxygen atoms in total. The molecule has 1 aromatic carbocycles. The van der Waals surface area contributed by atoms with Crippen LogP contribution in [0.1, 0.15) is 6.92 Å². The van der Waals surface area contributed by atoms with Crippen molar-refractivity contribution in [2.24, 2.45) is 0 Å². The van der Waals surface area contributed by atoms with Crippen LogP contribution in [0.5, 0.6) is 0 Å². The van der Waals surface area contributed by atoms with E-state index in [4.69, 9.17) is 11.6 Å². The Hall–Kier alpha value is -1.33. The van der Waals surface area contributed by atoms with E-state index < -0.39 is 11.6 Å². The van der Waals surface area contributed by atoms with Crippen LogP contribution in [0.15, 0.2) is 40.3 Å². The molecule has 1 N–H and O–H groups in total. The fraction of sp³-hybridized carbons (Fsp3) is 0.154. The second-order valence-corrected chi connectivity index (χ2v) is 5.11. The molecule has 0 unspecified atom stereocenters. The second kappa shape index (κ2) is 6.21. The number of benzene rings is 1. The van der Waals surface area contributed by atoms with Crippen molar-refractivity contribution in [3.05, 3.63) is 47.0 Å². The van der Waals surface area contributed by atoms with Gasteiger partial charge in [0, 0.05) is 17.5 Å². The van der Waals surface area contributed by atoms with Crippen molar-refractivity contribution >= 4 is 29.2 Å². The van der Waals surface area contributed by atoms with E-state index in [1.54, 1.807) is 24.3 Å². The molecule has 0 radical (unpaired) electrons. The number of anilines is 1. The Morgan fingerprint density at radius 1 is 1.26 bits per heavy atom. The molecule has 1 aromatic heterocycles. The van der Waals surface area contributed by atoms with E-state index in [9.17, 15) is 8.78 Å². The summed E-state index contributed by atoms with van der Waals surface area (Å²) in [5.41, 5.74) is 0. The number of nitrogens with zero attached hydrogens (tertiary/aromatic N) is 1. The van der Waals surface area contributed by atoms with Gasteiger partial charge >= 0.3 is 0 Å². The van der Waals surface area contributed by atoms with Gasteiger partial charge in [-0.05, 0) is 19.1 Å². The summed E-state index contributed by atoms with van der Waals surface area (Å²) in [6, 6.07) is 7.86. The Bertz CT molecular complexity index is 593. The van der Waals surface area contributed by atoms with Crippen molar-refractivity contribution in [3.63, 3.8) is 0 Å². The van der Waals surface area contributed by atoms with E-state index in [1.807, 2.05) is 6.92 Å². The SMILES string of the molecule is CCNc1nc(Sc2ccccc2Cl)c(F)cc1F. The molecule has 100 valence electrons. The molecule has 0 amide bonds. The fourth-order valence-electron chi connectivity index (χ4n) is 1.44. The Kier molecular flexibility index (Phi) is 4.61. The van der Waals surface area contributed by atoms with Crippen LogP contribution >= 0.6 is 23.4 Å². The third kappa shape index (κ3) is 3.36. The summed E-state index contributed by atoms with van der Waals surface area (Å²) >= 11 is 7.06. The van der Waals surface area contributed by atoms with Gasteiger partial charge in [0.2, 0.25) is 0 Å². The van der Waals surface area contributed by atoms with Crippen LogP contribution < -0.4 is 5.32 Å². The van der Waals surface area contributed by atoms with E-state index in [1.165, 1.54) is 0 Å². The number of hydrogen-bond acceptors (Lipinski definition) is 3. The van der Waals surface area contributed by atoms with Gasteiger partial charge in [-0.3, -0.25) is 0 Å².